The molecule has 0 aromatic heterocycles. The minimum Gasteiger partial charge on any atom is -0.0622 e. The second kappa shape index (κ2) is 16.0. The Labute approximate surface area is 389 Å². The van der Waals surface area contributed by atoms with E-state index in [-0.39, 0.29) is 11.8 Å². The van der Waals surface area contributed by atoms with Crippen LogP contribution in [-0.4, -0.2) is 0 Å². The number of hydrogen-bond donors (Lipinski definition) is 0. The van der Waals surface area contributed by atoms with Crippen LogP contribution in [0.25, 0.3) is 77.9 Å². The summed E-state index contributed by atoms with van der Waals surface area (Å²) in [6, 6.07) is 82.7. The highest BCUT2D eigenvalue weighted by Gasteiger charge is 2.36. The molecule has 0 spiro atoms. The molecule has 10 aromatic carbocycles. The van der Waals surface area contributed by atoms with E-state index in [1.165, 1.54) is 134 Å². The first-order valence-electron chi connectivity index (χ1n) is 23.4. The average molecular weight is 843 g/mol. The van der Waals surface area contributed by atoms with Crippen molar-refractivity contribution in [2.24, 2.45) is 0 Å². The van der Waals surface area contributed by atoms with Crippen molar-refractivity contribution in [3.05, 3.63) is 274 Å². The third-order valence-electron chi connectivity index (χ3n) is 14.3. The molecule has 10 aromatic rings. The molecule has 0 nitrogen and oxygen atoms in total. The van der Waals surface area contributed by atoms with E-state index < -0.39 is 0 Å². The van der Waals surface area contributed by atoms with Crippen LogP contribution in [0.2, 0.25) is 0 Å². The summed E-state index contributed by atoms with van der Waals surface area (Å²) in [7, 11) is 0. The summed E-state index contributed by atoms with van der Waals surface area (Å²) in [6.45, 7) is 8.87. The van der Waals surface area contributed by atoms with Crippen LogP contribution < -0.4 is 0 Å². The number of fused-ring (bicyclic) bond motifs is 6. The second-order valence-corrected chi connectivity index (χ2v) is 18.7. The lowest BCUT2D eigenvalue weighted by atomic mass is 9.77. The van der Waals surface area contributed by atoms with E-state index in [9.17, 15) is 0 Å². The van der Waals surface area contributed by atoms with Gasteiger partial charge in [-0.1, -0.05) is 222 Å². The lowest BCUT2D eigenvalue weighted by molar-refractivity contribution is 1.02. The molecule has 0 saturated heterocycles. The summed E-state index contributed by atoms with van der Waals surface area (Å²) in [4.78, 5) is 0. The quantitative estimate of drug-likeness (QED) is 0.150. The standard InChI is InChI=1S/C66H50/c1-41-26-30-55-59(34-41)60-35-42(2)27-31-56(60)65(55)63-51(46-18-10-6-11-19-46)22-14-24-53(63)49-38-48(45-16-8-5-9-17-45)39-50(40-49)54-25-15-23-52(47-20-12-7-13-21-47)64(54)66-57-32-28-43(3)36-61(57)62-37-44(4)29-33-58(62)66/h5-40,65-66H,1-4H3. The fourth-order valence-electron chi connectivity index (χ4n) is 11.3. The first-order valence-corrected chi connectivity index (χ1v) is 23.4. The Morgan fingerprint density at radius 1 is 0.212 bits per heavy atom. The van der Waals surface area contributed by atoms with Crippen LogP contribution in [0.15, 0.2) is 218 Å². The Bertz CT molecular complexity index is 3190. The molecule has 2 aliphatic rings. The molecule has 12 rings (SSSR count). The van der Waals surface area contributed by atoms with Crippen LogP contribution in [0.1, 0.15) is 67.5 Å². The number of rotatable bonds is 7. The zero-order valence-corrected chi connectivity index (χ0v) is 37.9. The zero-order valence-electron chi connectivity index (χ0n) is 37.9. The predicted molar refractivity (Wildman–Crippen MR) is 278 cm³/mol. The highest BCUT2D eigenvalue weighted by atomic mass is 14.4. The molecular formula is C66H50. The lowest BCUT2D eigenvalue weighted by Crippen LogP contribution is -2.06. The summed E-state index contributed by atoms with van der Waals surface area (Å²) >= 11 is 0. The predicted octanol–water partition coefficient (Wildman–Crippen LogP) is 17.6. The highest BCUT2D eigenvalue weighted by molar-refractivity contribution is 5.93. The van der Waals surface area contributed by atoms with E-state index in [0.29, 0.717) is 0 Å². The van der Waals surface area contributed by atoms with E-state index in [1.807, 2.05) is 0 Å². The molecule has 314 valence electrons. The van der Waals surface area contributed by atoms with E-state index >= 15 is 0 Å². The molecule has 0 atom stereocenters. The summed E-state index contributed by atoms with van der Waals surface area (Å²) in [5, 5.41) is 0. The van der Waals surface area contributed by atoms with Crippen LogP contribution in [0.5, 0.6) is 0 Å². The normalized spacial score (nSPS) is 12.7. The van der Waals surface area contributed by atoms with Crippen molar-refractivity contribution in [2.45, 2.75) is 39.5 Å². The fraction of sp³-hybridized carbons (Fsp3) is 0.0909. The first kappa shape index (κ1) is 39.8. The van der Waals surface area contributed by atoms with Gasteiger partial charge in [-0.05, 0) is 157 Å². The summed E-state index contributed by atoms with van der Waals surface area (Å²) in [5.41, 5.74) is 31.0. The Balaban J connectivity index is 1.16. The topological polar surface area (TPSA) is 0 Å². The summed E-state index contributed by atoms with van der Waals surface area (Å²) in [5.74, 6) is 0.0867. The van der Waals surface area contributed by atoms with Crippen molar-refractivity contribution in [1.82, 2.24) is 0 Å². The molecule has 0 heteroatoms. The fourth-order valence-corrected chi connectivity index (χ4v) is 11.3. The Hall–Kier alpha value is -7.80. The van der Waals surface area contributed by atoms with Gasteiger partial charge in [-0.15, -0.1) is 0 Å². The molecule has 66 heavy (non-hydrogen) atoms. The van der Waals surface area contributed by atoms with E-state index in [2.05, 4.69) is 246 Å². The maximum atomic E-state index is 2.50. The maximum absolute atomic E-state index is 2.50. The number of aryl methyl sites for hydroxylation is 4. The Morgan fingerprint density at radius 3 is 0.833 bits per heavy atom. The van der Waals surface area contributed by atoms with Crippen LogP contribution in [-0.2, 0) is 0 Å². The molecule has 0 bridgehead atoms. The molecule has 0 fully saturated rings. The first-order chi connectivity index (χ1) is 32.4. The minimum absolute atomic E-state index is 0.0433. The van der Waals surface area contributed by atoms with Gasteiger partial charge in [-0.3, -0.25) is 0 Å². The number of hydrogen-bond acceptors (Lipinski definition) is 0. The Morgan fingerprint density at radius 2 is 0.500 bits per heavy atom. The van der Waals surface area contributed by atoms with Crippen molar-refractivity contribution in [3.8, 4) is 77.9 Å². The minimum atomic E-state index is 0.0433. The van der Waals surface area contributed by atoms with Crippen LogP contribution in [0.3, 0.4) is 0 Å². The van der Waals surface area contributed by atoms with Crippen molar-refractivity contribution in [2.75, 3.05) is 0 Å². The summed E-state index contributed by atoms with van der Waals surface area (Å²) < 4.78 is 0. The largest absolute Gasteiger partial charge is 0.0622 e. The van der Waals surface area contributed by atoms with E-state index in [0.717, 1.165) is 0 Å². The van der Waals surface area contributed by atoms with Crippen molar-refractivity contribution < 1.29 is 0 Å². The van der Waals surface area contributed by atoms with Gasteiger partial charge < -0.3 is 0 Å². The molecule has 0 N–H and O–H groups in total. The van der Waals surface area contributed by atoms with Crippen LogP contribution in [0, 0.1) is 27.7 Å². The molecular weight excluding hydrogens is 793 g/mol. The smallest absolute Gasteiger partial charge is 0.0364 e. The molecule has 0 saturated carbocycles. The van der Waals surface area contributed by atoms with Gasteiger partial charge in [0, 0.05) is 11.8 Å². The van der Waals surface area contributed by atoms with E-state index in [1.54, 1.807) is 0 Å². The molecule has 0 aliphatic heterocycles. The lowest BCUT2D eigenvalue weighted by Gasteiger charge is -2.25. The molecule has 2 aliphatic carbocycles. The van der Waals surface area contributed by atoms with Crippen molar-refractivity contribution >= 4 is 0 Å². The van der Waals surface area contributed by atoms with E-state index in [4.69, 9.17) is 0 Å². The SMILES string of the molecule is Cc1ccc2c(c1)-c1cc(C)ccc1C2c1c(-c2ccccc2)cccc1-c1cc(-c2ccccc2)cc(-c2cccc(-c3ccccc3)c2C2c3ccc(C)cc3-c3cc(C)ccc32)c1. The maximum Gasteiger partial charge on any atom is 0.0364 e. The van der Waals surface area contributed by atoms with Crippen LogP contribution >= 0.6 is 0 Å². The van der Waals surface area contributed by atoms with Gasteiger partial charge in [0.1, 0.15) is 0 Å². The van der Waals surface area contributed by atoms with Gasteiger partial charge in [0.25, 0.3) is 0 Å². The average Bonchev–Trinajstić information content (AvgIpc) is 3.84. The highest BCUT2D eigenvalue weighted by Crippen LogP contribution is 2.55. The van der Waals surface area contributed by atoms with Crippen molar-refractivity contribution in [3.63, 3.8) is 0 Å². The summed E-state index contributed by atoms with van der Waals surface area (Å²) in [6.07, 6.45) is 0. The van der Waals surface area contributed by atoms with Gasteiger partial charge in [-0.2, -0.15) is 0 Å². The molecule has 0 radical (unpaired) electrons. The molecule has 0 unspecified atom stereocenters. The number of benzene rings is 10. The van der Waals surface area contributed by atoms with Crippen molar-refractivity contribution in [1.29, 1.82) is 0 Å². The van der Waals surface area contributed by atoms with Gasteiger partial charge in [-0.25, -0.2) is 0 Å². The second-order valence-electron chi connectivity index (χ2n) is 18.7. The molecule has 0 heterocycles. The third kappa shape index (κ3) is 6.67. The van der Waals surface area contributed by atoms with Gasteiger partial charge in [0.15, 0.2) is 0 Å². The van der Waals surface area contributed by atoms with Crippen LogP contribution in [0.4, 0.5) is 0 Å². The van der Waals surface area contributed by atoms with Gasteiger partial charge in [0.05, 0.1) is 0 Å². The monoisotopic (exact) mass is 842 g/mol. The zero-order chi connectivity index (χ0) is 44.5. The third-order valence-corrected chi connectivity index (χ3v) is 14.3. The molecule has 0 amide bonds. The van der Waals surface area contributed by atoms with Gasteiger partial charge in [0.2, 0.25) is 0 Å². The Kier molecular flexibility index (Phi) is 9.65. The van der Waals surface area contributed by atoms with Gasteiger partial charge >= 0.3 is 0 Å².